The maximum absolute atomic E-state index is 13.2. The highest BCUT2D eigenvalue weighted by Crippen LogP contribution is 2.42. The summed E-state index contributed by atoms with van der Waals surface area (Å²) in [6.45, 7) is 1.03. The second-order valence-electron chi connectivity index (χ2n) is 8.75. The number of nitrogens with zero attached hydrogens (tertiary/aromatic N) is 1. The molecule has 166 valence electrons. The van der Waals surface area contributed by atoms with Crippen LogP contribution in [-0.4, -0.2) is 25.8 Å². The number of fused-ring (bicyclic) bond motifs is 2. The minimum Gasteiger partial charge on any atom is -0.271 e. The van der Waals surface area contributed by atoms with E-state index in [4.69, 9.17) is 11.6 Å². The van der Waals surface area contributed by atoms with Crippen LogP contribution in [0.5, 0.6) is 0 Å². The van der Waals surface area contributed by atoms with Crippen molar-refractivity contribution in [1.29, 1.82) is 0 Å². The van der Waals surface area contributed by atoms with Crippen LogP contribution in [0, 0.1) is 5.92 Å². The van der Waals surface area contributed by atoms with E-state index in [9.17, 15) is 8.42 Å². The predicted octanol–water partition coefficient (Wildman–Crippen LogP) is 5.64. The third-order valence-electron chi connectivity index (χ3n) is 6.75. The fourth-order valence-corrected chi connectivity index (χ4v) is 6.81. The van der Waals surface area contributed by atoms with Crippen LogP contribution in [0.15, 0.2) is 72.8 Å². The highest BCUT2D eigenvalue weighted by Gasteiger charge is 2.36. The Labute approximate surface area is 195 Å². The number of hydrogen-bond acceptors (Lipinski definition) is 2. The van der Waals surface area contributed by atoms with Crippen LogP contribution in [0.25, 0.3) is 0 Å². The molecule has 6 heteroatoms. The lowest BCUT2D eigenvalue weighted by atomic mass is 9.76. The quantitative estimate of drug-likeness (QED) is 0.541. The average molecular weight is 467 g/mol. The average Bonchev–Trinajstić information content (AvgIpc) is 2.96. The van der Waals surface area contributed by atoms with Gasteiger partial charge in [0.05, 0.1) is 5.69 Å². The Bertz CT molecular complexity index is 1180. The molecule has 1 saturated heterocycles. The van der Waals surface area contributed by atoms with Crippen LogP contribution in [0.4, 0.5) is 5.69 Å². The molecule has 3 aromatic rings. The lowest BCUT2D eigenvalue weighted by Gasteiger charge is -2.37. The van der Waals surface area contributed by atoms with E-state index >= 15 is 0 Å². The fraction of sp³-hybridized carbons (Fsp3) is 0.308. The molecule has 5 rings (SSSR count). The molecule has 1 heterocycles. The molecule has 1 atom stereocenters. The molecular weight excluding hydrogens is 440 g/mol. The lowest BCUT2D eigenvalue weighted by Crippen LogP contribution is -2.44. The van der Waals surface area contributed by atoms with Gasteiger partial charge in [0, 0.05) is 24.0 Å². The first-order chi connectivity index (χ1) is 15.5. The highest BCUT2D eigenvalue weighted by atomic mass is 35.5. The Morgan fingerprint density at radius 3 is 2.19 bits per heavy atom. The van der Waals surface area contributed by atoms with Crippen molar-refractivity contribution in [2.75, 3.05) is 17.8 Å². The van der Waals surface area contributed by atoms with Gasteiger partial charge in [-0.05, 0) is 72.1 Å². The summed E-state index contributed by atoms with van der Waals surface area (Å²) in [5, 5.41) is 0.508. The number of rotatable bonds is 4. The molecule has 32 heavy (non-hydrogen) atoms. The molecule has 1 aliphatic heterocycles. The summed E-state index contributed by atoms with van der Waals surface area (Å²) in [4.78, 5) is 0. The maximum Gasteiger partial charge on any atom is 0.301 e. The van der Waals surface area contributed by atoms with Gasteiger partial charge in [-0.1, -0.05) is 66.2 Å². The number of halogens is 1. The lowest BCUT2D eigenvalue weighted by molar-refractivity contribution is 0.249. The maximum atomic E-state index is 13.2. The molecule has 0 aromatic heterocycles. The van der Waals surface area contributed by atoms with Crippen LogP contribution in [0.1, 0.15) is 41.0 Å². The summed E-state index contributed by atoms with van der Waals surface area (Å²) >= 11 is 6.05. The van der Waals surface area contributed by atoms with Crippen molar-refractivity contribution >= 4 is 27.5 Å². The Morgan fingerprint density at radius 1 is 0.875 bits per heavy atom. The van der Waals surface area contributed by atoms with Crippen molar-refractivity contribution < 1.29 is 8.42 Å². The molecule has 1 fully saturated rings. The van der Waals surface area contributed by atoms with Crippen molar-refractivity contribution in [1.82, 2.24) is 4.31 Å². The third-order valence-corrected chi connectivity index (χ3v) is 8.49. The number of aryl methyl sites for hydroxylation is 2. The Balaban J connectivity index is 1.47. The zero-order chi connectivity index (χ0) is 22.1. The predicted molar refractivity (Wildman–Crippen MR) is 130 cm³/mol. The van der Waals surface area contributed by atoms with Gasteiger partial charge in [-0.3, -0.25) is 4.72 Å². The van der Waals surface area contributed by atoms with E-state index in [1.165, 1.54) is 22.3 Å². The summed E-state index contributed by atoms with van der Waals surface area (Å²) < 4.78 is 30.8. The first-order valence-corrected chi connectivity index (χ1v) is 13.0. The second kappa shape index (κ2) is 8.89. The normalized spacial score (nSPS) is 19.6. The third kappa shape index (κ3) is 4.29. The zero-order valence-corrected chi connectivity index (χ0v) is 19.4. The van der Waals surface area contributed by atoms with Gasteiger partial charge in [-0.2, -0.15) is 12.7 Å². The Morgan fingerprint density at radius 2 is 1.53 bits per heavy atom. The van der Waals surface area contributed by atoms with Crippen molar-refractivity contribution in [3.05, 3.63) is 100 Å². The van der Waals surface area contributed by atoms with E-state index in [1.54, 1.807) is 28.6 Å². The smallest absolute Gasteiger partial charge is 0.271 e. The standard InChI is InChI=1S/C26H27ClN2O2S/c27-22-10-5-11-23(17-22)28-32(30,31)29-16-6-9-21(18-29)26-24-12-3-1-7-19(24)14-15-20-8-2-4-13-25(20)26/h1-5,7-8,10-13,17,21,26,28H,6,9,14-16,18H2. The van der Waals surface area contributed by atoms with Crippen LogP contribution < -0.4 is 4.72 Å². The van der Waals surface area contributed by atoms with Crippen LogP contribution in [0.3, 0.4) is 0 Å². The topological polar surface area (TPSA) is 49.4 Å². The number of benzene rings is 3. The van der Waals surface area contributed by atoms with Crippen molar-refractivity contribution in [3.63, 3.8) is 0 Å². The fourth-order valence-electron chi connectivity index (χ4n) is 5.31. The molecule has 2 aliphatic rings. The zero-order valence-electron chi connectivity index (χ0n) is 17.9. The monoisotopic (exact) mass is 466 g/mol. The van der Waals surface area contributed by atoms with Crippen molar-refractivity contribution in [3.8, 4) is 0 Å². The van der Waals surface area contributed by atoms with Gasteiger partial charge >= 0.3 is 10.2 Å². The van der Waals surface area contributed by atoms with E-state index in [0.29, 0.717) is 23.8 Å². The summed E-state index contributed by atoms with van der Waals surface area (Å²) in [6.07, 6.45) is 3.90. The Kier molecular flexibility index (Phi) is 5.97. The van der Waals surface area contributed by atoms with Crippen LogP contribution in [-0.2, 0) is 23.1 Å². The van der Waals surface area contributed by atoms with Crippen LogP contribution in [0.2, 0.25) is 5.02 Å². The van der Waals surface area contributed by atoms with Gasteiger partial charge in [0.25, 0.3) is 0 Å². The van der Waals surface area contributed by atoms with Gasteiger partial charge in [0.1, 0.15) is 0 Å². The van der Waals surface area contributed by atoms with E-state index in [-0.39, 0.29) is 11.8 Å². The molecule has 0 spiro atoms. The minimum absolute atomic E-state index is 0.203. The first kappa shape index (κ1) is 21.5. The molecule has 0 radical (unpaired) electrons. The van der Waals surface area contributed by atoms with Crippen molar-refractivity contribution in [2.45, 2.75) is 31.6 Å². The van der Waals surface area contributed by atoms with E-state index in [0.717, 1.165) is 25.7 Å². The summed E-state index contributed by atoms with van der Waals surface area (Å²) in [5.74, 6) is 0.425. The van der Waals surface area contributed by atoms with E-state index in [2.05, 4.69) is 53.3 Å². The first-order valence-electron chi connectivity index (χ1n) is 11.2. The van der Waals surface area contributed by atoms with E-state index < -0.39 is 10.2 Å². The summed E-state index contributed by atoms with van der Waals surface area (Å²) in [5.41, 5.74) is 5.95. The molecule has 0 amide bonds. The van der Waals surface area contributed by atoms with Gasteiger partial charge in [-0.15, -0.1) is 0 Å². The van der Waals surface area contributed by atoms with Gasteiger partial charge in [0.15, 0.2) is 0 Å². The minimum atomic E-state index is -3.66. The van der Waals surface area contributed by atoms with Gasteiger partial charge < -0.3 is 0 Å². The number of nitrogens with one attached hydrogen (secondary N) is 1. The molecule has 3 aromatic carbocycles. The second-order valence-corrected chi connectivity index (χ2v) is 10.9. The van der Waals surface area contributed by atoms with E-state index in [1.807, 2.05) is 0 Å². The molecule has 0 bridgehead atoms. The molecule has 1 aliphatic carbocycles. The highest BCUT2D eigenvalue weighted by molar-refractivity contribution is 7.90. The molecule has 1 N–H and O–H groups in total. The Hall–Kier alpha value is -2.34. The van der Waals surface area contributed by atoms with Gasteiger partial charge in [0.2, 0.25) is 0 Å². The number of piperidine rings is 1. The SMILES string of the molecule is O=S(=O)(Nc1cccc(Cl)c1)N1CCCC(C2c3ccccc3CCc3ccccc32)C1. The van der Waals surface area contributed by atoms with Crippen LogP contribution >= 0.6 is 11.6 Å². The number of hydrogen-bond donors (Lipinski definition) is 1. The molecule has 0 saturated carbocycles. The summed E-state index contributed by atoms with van der Waals surface area (Å²) in [6, 6.07) is 24.2. The molecule has 1 unspecified atom stereocenters. The number of anilines is 1. The van der Waals surface area contributed by atoms with Crippen molar-refractivity contribution in [2.24, 2.45) is 5.92 Å². The summed E-state index contributed by atoms with van der Waals surface area (Å²) in [7, 11) is -3.66. The molecule has 4 nitrogen and oxygen atoms in total. The molecular formula is C26H27ClN2O2S. The largest absolute Gasteiger partial charge is 0.301 e. The van der Waals surface area contributed by atoms with Gasteiger partial charge in [-0.25, -0.2) is 0 Å².